The second kappa shape index (κ2) is 6.49. The molecule has 24 heavy (non-hydrogen) atoms. The molecule has 0 bridgehead atoms. The standard InChI is InChI=1S/C18H18N2O3S/c1-24(22,23)15-6-4-5-13(11-15)18(21)19-10-9-14-12-20-17-8-3-2-7-16(14)17/h2-8,11-12,20H,9-10H2,1H3,(H,19,21). The first-order chi connectivity index (χ1) is 11.4. The number of rotatable bonds is 5. The Morgan fingerprint density at radius 2 is 1.92 bits per heavy atom. The predicted octanol–water partition coefficient (Wildman–Crippen LogP) is 2.54. The van der Waals surface area contributed by atoms with Crippen molar-refractivity contribution in [3.05, 3.63) is 65.9 Å². The van der Waals surface area contributed by atoms with Gasteiger partial charge in [-0.3, -0.25) is 4.79 Å². The van der Waals surface area contributed by atoms with Crippen molar-refractivity contribution in [1.82, 2.24) is 10.3 Å². The van der Waals surface area contributed by atoms with Gasteiger partial charge in [0.1, 0.15) is 0 Å². The van der Waals surface area contributed by atoms with E-state index in [2.05, 4.69) is 10.3 Å². The monoisotopic (exact) mass is 342 g/mol. The molecule has 0 spiro atoms. The molecular weight excluding hydrogens is 324 g/mol. The molecule has 3 aromatic rings. The minimum absolute atomic E-state index is 0.145. The van der Waals surface area contributed by atoms with Gasteiger partial charge in [0, 0.05) is 35.5 Å². The molecule has 3 rings (SSSR count). The fourth-order valence-corrected chi connectivity index (χ4v) is 3.29. The summed E-state index contributed by atoms with van der Waals surface area (Å²) in [6.07, 6.45) is 3.77. The van der Waals surface area contributed by atoms with Gasteiger partial charge in [0.25, 0.3) is 5.91 Å². The van der Waals surface area contributed by atoms with E-state index in [0.29, 0.717) is 18.5 Å². The summed E-state index contributed by atoms with van der Waals surface area (Å²) in [5, 5.41) is 3.98. The largest absolute Gasteiger partial charge is 0.361 e. The van der Waals surface area contributed by atoms with E-state index in [-0.39, 0.29) is 10.8 Å². The maximum Gasteiger partial charge on any atom is 0.251 e. The molecule has 0 aliphatic carbocycles. The second-order valence-corrected chi connectivity index (χ2v) is 7.68. The Balaban J connectivity index is 1.66. The quantitative estimate of drug-likeness (QED) is 0.748. The third kappa shape index (κ3) is 3.49. The van der Waals surface area contributed by atoms with Gasteiger partial charge in [-0.2, -0.15) is 0 Å². The van der Waals surface area contributed by atoms with Gasteiger partial charge < -0.3 is 10.3 Å². The van der Waals surface area contributed by atoms with Gasteiger partial charge in [-0.15, -0.1) is 0 Å². The van der Waals surface area contributed by atoms with E-state index in [1.807, 2.05) is 30.5 Å². The Kier molecular flexibility index (Phi) is 4.40. The van der Waals surface area contributed by atoms with Crippen LogP contribution in [0.5, 0.6) is 0 Å². The molecule has 0 saturated carbocycles. The SMILES string of the molecule is CS(=O)(=O)c1cccc(C(=O)NCCc2c[nH]c3ccccc23)c1. The molecule has 0 radical (unpaired) electrons. The van der Waals surface area contributed by atoms with Crippen molar-refractivity contribution in [2.24, 2.45) is 0 Å². The average molecular weight is 342 g/mol. The number of amides is 1. The van der Waals surface area contributed by atoms with Crippen LogP contribution in [0.25, 0.3) is 10.9 Å². The highest BCUT2D eigenvalue weighted by molar-refractivity contribution is 7.90. The highest BCUT2D eigenvalue weighted by Crippen LogP contribution is 2.17. The van der Waals surface area contributed by atoms with Crippen LogP contribution in [0.15, 0.2) is 59.6 Å². The first-order valence-corrected chi connectivity index (χ1v) is 9.47. The van der Waals surface area contributed by atoms with Crippen LogP contribution in [0.4, 0.5) is 0 Å². The zero-order chi connectivity index (χ0) is 17.2. The Hall–Kier alpha value is -2.60. The molecule has 1 heterocycles. The summed E-state index contributed by atoms with van der Waals surface area (Å²) in [6, 6.07) is 14.1. The van der Waals surface area contributed by atoms with Gasteiger partial charge in [-0.05, 0) is 36.2 Å². The summed E-state index contributed by atoms with van der Waals surface area (Å²) in [6.45, 7) is 0.476. The molecule has 2 N–H and O–H groups in total. The lowest BCUT2D eigenvalue weighted by Crippen LogP contribution is -2.25. The molecule has 0 saturated heterocycles. The van der Waals surface area contributed by atoms with Crippen molar-refractivity contribution < 1.29 is 13.2 Å². The number of H-pyrrole nitrogens is 1. The van der Waals surface area contributed by atoms with E-state index in [1.165, 1.54) is 12.1 Å². The van der Waals surface area contributed by atoms with Crippen molar-refractivity contribution in [2.75, 3.05) is 12.8 Å². The molecule has 0 fully saturated rings. The van der Waals surface area contributed by atoms with Crippen molar-refractivity contribution in [3.63, 3.8) is 0 Å². The van der Waals surface area contributed by atoms with Crippen LogP contribution in [0, 0.1) is 0 Å². The maximum absolute atomic E-state index is 12.2. The highest BCUT2D eigenvalue weighted by Gasteiger charge is 2.11. The van der Waals surface area contributed by atoms with E-state index >= 15 is 0 Å². The van der Waals surface area contributed by atoms with Gasteiger partial charge in [-0.1, -0.05) is 24.3 Å². The Bertz CT molecular complexity index is 990. The predicted molar refractivity (Wildman–Crippen MR) is 93.9 cm³/mol. The smallest absolute Gasteiger partial charge is 0.251 e. The van der Waals surface area contributed by atoms with Crippen LogP contribution >= 0.6 is 0 Å². The summed E-state index contributed by atoms with van der Waals surface area (Å²) >= 11 is 0. The van der Waals surface area contributed by atoms with Crippen LogP contribution in [-0.4, -0.2) is 32.1 Å². The average Bonchev–Trinajstić information content (AvgIpc) is 2.97. The fraction of sp³-hybridized carbons (Fsp3) is 0.167. The van der Waals surface area contributed by atoms with Gasteiger partial charge >= 0.3 is 0 Å². The Labute approximate surface area is 140 Å². The van der Waals surface area contributed by atoms with E-state index in [9.17, 15) is 13.2 Å². The highest BCUT2D eigenvalue weighted by atomic mass is 32.2. The minimum Gasteiger partial charge on any atom is -0.361 e. The zero-order valence-electron chi connectivity index (χ0n) is 13.2. The van der Waals surface area contributed by atoms with Crippen LogP contribution in [0.2, 0.25) is 0 Å². The Morgan fingerprint density at radius 1 is 1.12 bits per heavy atom. The number of benzene rings is 2. The molecule has 0 aliphatic rings. The van der Waals surface area contributed by atoms with E-state index in [0.717, 1.165) is 22.7 Å². The number of hydrogen-bond acceptors (Lipinski definition) is 3. The summed E-state index contributed by atoms with van der Waals surface area (Å²) in [5.41, 5.74) is 2.55. The number of carbonyl (C=O) groups is 1. The normalized spacial score (nSPS) is 11.5. The summed E-state index contributed by atoms with van der Waals surface area (Å²) in [5.74, 6) is -0.277. The van der Waals surface area contributed by atoms with Crippen molar-refractivity contribution in [2.45, 2.75) is 11.3 Å². The number of carbonyl (C=O) groups excluding carboxylic acids is 1. The van der Waals surface area contributed by atoms with Gasteiger partial charge in [0.05, 0.1) is 4.90 Å². The lowest BCUT2D eigenvalue weighted by molar-refractivity contribution is 0.0954. The van der Waals surface area contributed by atoms with E-state index in [4.69, 9.17) is 0 Å². The van der Waals surface area contributed by atoms with Crippen LogP contribution in [0.3, 0.4) is 0 Å². The van der Waals surface area contributed by atoms with Crippen LogP contribution in [-0.2, 0) is 16.3 Å². The van der Waals surface area contributed by atoms with E-state index < -0.39 is 9.84 Å². The number of aromatic amines is 1. The van der Waals surface area contributed by atoms with Crippen molar-refractivity contribution in [3.8, 4) is 0 Å². The van der Waals surface area contributed by atoms with Crippen LogP contribution < -0.4 is 5.32 Å². The third-order valence-electron chi connectivity index (χ3n) is 3.88. The number of hydrogen-bond donors (Lipinski definition) is 2. The third-order valence-corrected chi connectivity index (χ3v) is 4.99. The van der Waals surface area contributed by atoms with Gasteiger partial charge in [0.15, 0.2) is 9.84 Å². The zero-order valence-corrected chi connectivity index (χ0v) is 14.1. The number of aromatic nitrogens is 1. The van der Waals surface area contributed by atoms with Gasteiger partial charge in [-0.25, -0.2) is 8.42 Å². The Morgan fingerprint density at radius 3 is 2.71 bits per heavy atom. The van der Waals surface area contributed by atoms with E-state index in [1.54, 1.807) is 12.1 Å². The number of para-hydroxylation sites is 1. The molecule has 0 unspecified atom stereocenters. The van der Waals surface area contributed by atoms with Crippen molar-refractivity contribution >= 4 is 26.6 Å². The molecule has 2 aromatic carbocycles. The molecule has 124 valence electrons. The summed E-state index contributed by atoms with van der Waals surface area (Å²) < 4.78 is 23.1. The van der Waals surface area contributed by atoms with Crippen molar-refractivity contribution in [1.29, 1.82) is 0 Å². The lowest BCUT2D eigenvalue weighted by atomic mass is 10.1. The minimum atomic E-state index is -3.32. The number of nitrogens with one attached hydrogen (secondary N) is 2. The maximum atomic E-state index is 12.2. The van der Waals surface area contributed by atoms with Gasteiger partial charge in [0.2, 0.25) is 0 Å². The molecule has 1 aromatic heterocycles. The molecular formula is C18H18N2O3S. The molecule has 0 aliphatic heterocycles. The summed E-state index contributed by atoms with van der Waals surface area (Å²) in [4.78, 5) is 15.6. The van der Waals surface area contributed by atoms with Crippen LogP contribution in [0.1, 0.15) is 15.9 Å². The fourth-order valence-electron chi connectivity index (χ4n) is 2.62. The number of sulfone groups is 1. The topological polar surface area (TPSA) is 79.0 Å². The number of fused-ring (bicyclic) bond motifs is 1. The molecule has 1 amide bonds. The first-order valence-electron chi connectivity index (χ1n) is 7.58. The summed E-state index contributed by atoms with van der Waals surface area (Å²) in [7, 11) is -3.32. The first kappa shape index (κ1) is 16.3. The lowest BCUT2D eigenvalue weighted by Gasteiger charge is -2.06. The molecule has 6 heteroatoms. The second-order valence-electron chi connectivity index (χ2n) is 5.67. The molecule has 0 atom stereocenters. The molecule has 5 nitrogen and oxygen atoms in total.